The van der Waals surface area contributed by atoms with Crippen LogP contribution in [0.1, 0.15) is 31.7 Å². The predicted octanol–water partition coefficient (Wildman–Crippen LogP) is 2.42. The highest BCUT2D eigenvalue weighted by Crippen LogP contribution is 2.20. The van der Waals surface area contributed by atoms with E-state index in [9.17, 15) is 9.59 Å². The van der Waals surface area contributed by atoms with E-state index >= 15 is 0 Å². The molecule has 2 amide bonds. The molecule has 0 aliphatic heterocycles. The number of amides is 2. The van der Waals surface area contributed by atoms with Crippen molar-refractivity contribution in [1.82, 2.24) is 5.32 Å². The summed E-state index contributed by atoms with van der Waals surface area (Å²) >= 11 is 0. The van der Waals surface area contributed by atoms with Crippen LogP contribution in [0.3, 0.4) is 0 Å². The summed E-state index contributed by atoms with van der Waals surface area (Å²) in [7, 11) is 1.58. The lowest BCUT2D eigenvalue weighted by Crippen LogP contribution is -2.38. The number of carboxylic acid groups (broad SMARTS) is 1. The number of urea groups is 1. The maximum absolute atomic E-state index is 11.7. The molecule has 0 spiro atoms. The largest absolute Gasteiger partial charge is 0.481 e. The Hall–Kier alpha value is -2.08. The first-order valence-corrected chi connectivity index (χ1v) is 6.80. The average molecular weight is 294 g/mol. The lowest BCUT2D eigenvalue weighted by molar-refractivity contribution is -0.137. The van der Waals surface area contributed by atoms with E-state index in [1.54, 1.807) is 19.2 Å². The van der Waals surface area contributed by atoms with Crippen molar-refractivity contribution < 1.29 is 19.4 Å². The van der Waals surface area contributed by atoms with Crippen molar-refractivity contribution in [3.63, 3.8) is 0 Å². The molecule has 0 radical (unpaired) electrons. The topological polar surface area (TPSA) is 87.7 Å². The van der Waals surface area contributed by atoms with Crippen molar-refractivity contribution in [2.75, 3.05) is 19.0 Å². The van der Waals surface area contributed by atoms with Gasteiger partial charge in [0.25, 0.3) is 0 Å². The van der Waals surface area contributed by atoms with Crippen LogP contribution in [0.2, 0.25) is 0 Å². The minimum absolute atomic E-state index is 0.0629. The molecule has 21 heavy (non-hydrogen) atoms. The molecule has 116 valence electrons. The number of methoxy groups -OCH3 is 1. The molecule has 0 saturated heterocycles. The van der Waals surface area contributed by atoms with Gasteiger partial charge >= 0.3 is 12.0 Å². The van der Waals surface area contributed by atoms with Gasteiger partial charge in [-0.05, 0) is 30.5 Å². The second kappa shape index (κ2) is 8.26. The van der Waals surface area contributed by atoms with Gasteiger partial charge in [-0.2, -0.15) is 0 Å². The molecule has 0 aliphatic carbocycles. The van der Waals surface area contributed by atoms with E-state index in [0.29, 0.717) is 12.3 Å². The Morgan fingerprint density at radius 3 is 2.38 bits per heavy atom. The molecule has 0 aliphatic rings. The summed E-state index contributed by atoms with van der Waals surface area (Å²) in [6, 6.07) is 6.78. The molecule has 0 bridgehead atoms. The Morgan fingerprint density at radius 2 is 1.86 bits per heavy atom. The van der Waals surface area contributed by atoms with Crippen LogP contribution in [0.5, 0.6) is 0 Å². The van der Waals surface area contributed by atoms with Crippen molar-refractivity contribution in [3.8, 4) is 0 Å². The van der Waals surface area contributed by atoms with Crippen LogP contribution in [0, 0.1) is 0 Å². The lowest BCUT2D eigenvalue weighted by Gasteiger charge is -2.14. The molecule has 6 nitrogen and oxygen atoms in total. The first-order chi connectivity index (χ1) is 9.92. The monoisotopic (exact) mass is 294 g/mol. The number of benzene rings is 1. The van der Waals surface area contributed by atoms with E-state index < -0.39 is 5.97 Å². The fourth-order valence-corrected chi connectivity index (χ4v) is 1.96. The third-order valence-corrected chi connectivity index (χ3v) is 3.01. The van der Waals surface area contributed by atoms with E-state index in [0.717, 1.165) is 5.56 Å². The van der Waals surface area contributed by atoms with E-state index in [-0.39, 0.29) is 24.4 Å². The summed E-state index contributed by atoms with van der Waals surface area (Å²) in [5.41, 5.74) is 1.58. The Kier molecular flexibility index (Phi) is 6.68. The molecule has 0 fully saturated rings. The molecule has 2 atom stereocenters. The molecular weight excluding hydrogens is 272 g/mol. The number of nitrogens with one attached hydrogen (secondary N) is 2. The van der Waals surface area contributed by atoms with Gasteiger partial charge < -0.3 is 20.5 Å². The molecule has 1 aromatic carbocycles. The standard InChI is InChI=1S/C15H22N2O4/c1-10(8-14(18)19)12-4-6-13(7-5-12)17-15(20)16-11(2)9-21-3/h4-7,10-11H,8-9H2,1-3H3,(H,18,19)(H2,16,17,20). The van der Waals surface area contributed by atoms with Crippen LogP contribution in [-0.2, 0) is 9.53 Å². The van der Waals surface area contributed by atoms with Crippen LogP contribution < -0.4 is 10.6 Å². The number of carboxylic acids is 1. The van der Waals surface area contributed by atoms with Gasteiger partial charge in [-0.15, -0.1) is 0 Å². The zero-order valence-corrected chi connectivity index (χ0v) is 12.6. The third kappa shape index (κ3) is 6.27. The fourth-order valence-electron chi connectivity index (χ4n) is 1.96. The zero-order chi connectivity index (χ0) is 15.8. The predicted molar refractivity (Wildman–Crippen MR) is 80.6 cm³/mol. The van der Waals surface area contributed by atoms with Gasteiger partial charge in [0.05, 0.1) is 19.1 Å². The van der Waals surface area contributed by atoms with Gasteiger partial charge in [-0.25, -0.2) is 4.79 Å². The second-order valence-electron chi connectivity index (χ2n) is 5.08. The molecule has 1 aromatic rings. The Labute approximate surface area is 124 Å². The van der Waals surface area contributed by atoms with E-state index in [1.807, 2.05) is 26.0 Å². The molecule has 1 rings (SSSR count). The third-order valence-electron chi connectivity index (χ3n) is 3.01. The average Bonchev–Trinajstić information content (AvgIpc) is 2.38. The maximum atomic E-state index is 11.7. The number of anilines is 1. The Bertz CT molecular complexity index is 473. The van der Waals surface area contributed by atoms with Gasteiger partial charge in [0.15, 0.2) is 0 Å². The number of hydrogen-bond donors (Lipinski definition) is 3. The van der Waals surface area contributed by atoms with Crippen molar-refractivity contribution in [2.45, 2.75) is 32.2 Å². The van der Waals surface area contributed by atoms with Gasteiger partial charge in [-0.1, -0.05) is 19.1 Å². The molecule has 0 saturated carbocycles. The second-order valence-corrected chi connectivity index (χ2v) is 5.08. The van der Waals surface area contributed by atoms with Crippen LogP contribution in [-0.4, -0.2) is 36.9 Å². The summed E-state index contributed by atoms with van der Waals surface area (Å²) in [5.74, 6) is -0.886. The Balaban J connectivity index is 2.54. The van der Waals surface area contributed by atoms with Gasteiger partial charge in [0, 0.05) is 12.8 Å². The molecular formula is C15H22N2O4. The van der Waals surface area contributed by atoms with Crippen molar-refractivity contribution in [2.24, 2.45) is 0 Å². The SMILES string of the molecule is COCC(C)NC(=O)Nc1ccc(C(C)CC(=O)O)cc1. The highest BCUT2D eigenvalue weighted by Gasteiger charge is 2.11. The lowest BCUT2D eigenvalue weighted by atomic mass is 9.98. The molecule has 6 heteroatoms. The fraction of sp³-hybridized carbons (Fsp3) is 0.467. The quantitative estimate of drug-likeness (QED) is 0.720. The van der Waals surface area contributed by atoms with Gasteiger partial charge in [0.2, 0.25) is 0 Å². The number of carbonyl (C=O) groups is 2. The minimum Gasteiger partial charge on any atom is -0.481 e. The Morgan fingerprint density at radius 1 is 1.24 bits per heavy atom. The van der Waals surface area contributed by atoms with E-state index in [1.165, 1.54) is 0 Å². The van der Waals surface area contributed by atoms with Crippen molar-refractivity contribution >= 4 is 17.7 Å². The molecule has 2 unspecified atom stereocenters. The summed E-state index contributed by atoms with van der Waals surface area (Å²) in [6.07, 6.45) is 0.0851. The first kappa shape index (κ1) is 17.0. The number of hydrogen-bond acceptors (Lipinski definition) is 3. The summed E-state index contributed by atoms with van der Waals surface area (Å²) < 4.78 is 4.94. The molecule has 3 N–H and O–H groups in total. The van der Waals surface area contributed by atoms with E-state index in [2.05, 4.69) is 10.6 Å². The maximum Gasteiger partial charge on any atom is 0.319 e. The van der Waals surface area contributed by atoms with Crippen molar-refractivity contribution in [3.05, 3.63) is 29.8 Å². The molecule has 0 heterocycles. The first-order valence-electron chi connectivity index (χ1n) is 6.80. The highest BCUT2D eigenvalue weighted by molar-refractivity contribution is 5.89. The van der Waals surface area contributed by atoms with Crippen LogP contribution in [0.25, 0.3) is 0 Å². The normalized spacial score (nSPS) is 13.3. The van der Waals surface area contributed by atoms with Crippen LogP contribution >= 0.6 is 0 Å². The number of carbonyl (C=O) groups excluding carboxylic acids is 1. The van der Waals surface area contributed by atoms with Crippen LogP contribution in [0.4, 0.5) is 10.5 Å². The van der Waals surface area contributed by atoms with Crippen LogP contribution in [0.15, 0.2) is 24.3 Å². The zero-order valence-electron chi connectivity index (χ0n) is 12.6. The minimum atomic E-state index is -0.823. The summed E-state index contributed by atoms with van der Waals surface area (Å²) in [6.45, 7) is 4.15. The van der Waals surface area contributed by atoms with E-state index in [4.69, 9.17) is 9.84 Å². The number of ether oxygens (including phenoxy) is 1. The summed E-state index contributed by atoms with van der Waals surface area (Å²) in [5, 5.41) is 14.2. The van der Waals surface area contributed by atoms with Gasteiger partial charge in [-0.3, -0.25) is 4.79 Å². The molecule has 0 aromatic heterocycles. The van der Waals surface area contributed by atoms with Crippen molar-refractivity contribution in [1.29, 1.82) is 0 Å². The highest BCUT2D eigenvalue weighted by atomic mass is 16.5. The number of rotatable bonds is 7. The van der Waals surface area contributed by atoms with Gasteiger partial charge in [0.1, 0.15) is 0 Å². The summed E-state index contributed by atoms with van der Waals surface area (Å²) in [4.78, 5) is 22.4. The smallest absolute Gasteiger partial charge is 0.319 e. The number of aliphatic carboxylic acids is 1.